The summed E-state index contributed by atoms with van der Waals surface area (Å²) in [5.74, 6) is -0.215. The molecule has 0 spiro atoms. The molecule has 0 saturated carbocycles. The number of imidazole rings is 1. The summed E-state index contributed by atoms with van der Waals surface area (Å²) in [5, 5.41) is 0. The van der Waals surface area contributed by atoms with Crippen molar-refractivity contribution in [3.63, 3.8) is 0 Å². The minimum absolute atomic E-state index is 0.190. The van der Waals surface area contributed by atoms with Gasteiger partial charge >= 0.3 is 0 Å². The van der Waals surface area contributed by atoms with Gasteiger partial charge in [0.05, 0.1) is 4.90 Å². The summed E-state index contributed by atoms with van der Waals surface area (Å²) in [4.78, 5) is 12.0. The maximum absolute atomic E-state index is 13.3. The molecule has 0 bridgehead atoms. The van der Waals surface area contributed by atoms with E-state index in [1.807, 2.05) is 0 Å². The Bertz CT molecular complexity index is 1310. The second-order valence-electron chi connectivity index (χ2n) is 6.42. The van der Waals surface area contributed by atoms with E-state index in [2.05, 4.69) is 19.7 Å². The van der Waals surface area contributed by atoms with Crippen LogP contribution in [-0.2, 0) is 10.0 Å². The molecule has 4 aromatic rings. The summed E-state index contributed by atoms with van der Waals surface area (Å²) >= 11 is 0. The monoisotopic (exact) mass is 443 g/mol. The third-order valence-electron chi connectivity index (χ3n) is 4.05. The van der Waals surface area contributed by atoms with Crippen LogP contribution >= 0.6 is 0 Å². The Kier molecular flexibility index (Phi) is 5.34. The van der Waals surface area contributed by atoms with Crippen molar-refractivity contribution >= 4 is 15.7 Å². The molecule has 0 saturated heterocycles. The van der Waals surface area contributed by atoms with Gasteiger partial charge in [-0.05, 0) is 43.3 Å². The van der Waals surface area contributed by atoms with Crippen LogP contribution in [0.5, 0.6) is 11.6 Å². The first-order valence-electron chi connectivity index (χ1n) is 8.89. The number of halogens is 2. The lowest BCUT2D eigenvalue weighted by Crippen LogP contribution is -2.13. The Balaban J connectivity index is 1.51. The highest BCUT2D eigenvalue weighted by Crippen LogP contribution is 2.24. The van der Waals surface area contributed by atoms with Crippen LogP contribution < -0.4 is 9.46 Å². The highest BCUT2D eigenvalue weighted by atomic mass is 32.2. The number of hydrogen-bond donors (Lipinski definition) is 1. The third kappa shape index (κ3) is 4.83. The molecule has 2 aromatic carbocycles. The molecule has 0 unspecified atom stereocenters. The van der Waals surface area contributed by atoms with Crippen molar-refractivity contribution < 1.29 is 21.9 Å². The van der Waals surface area contributed by atoms with E-state index in [0.717, 1.165) is 12.1 Å². The quantitative estimate of drug-likeness (QED) is 0.486. The third-order valence-corrected chi connectivity index (χ3v) is 5.41. The van der Waals surface area contributed by atoms with Crippen LogP contribution in [0.4, 0.5) is 14.5 Å². The molecule has 8 nitrogen and oxygen atoms in total. The van der Waals surface area contributed by atoms with Crippen molar-refractivity contribution in [2.45, 2.75) is 11.8 Å². The molecule has 0 fully saturated rings. The van der Waals surface area contributed by atoms with Gasteiger partial charge in [-0.15, -0.1) is 0 Å². The smallest absolute Gasteiger partial charge is 0.262 e. The Labute approximate surface area is 176 Å². The zero-order valence-corrected chi connectivity index (χ0v) is 16.8. The lowest BCUT2D eigenvalue weighted by molar-refractivity contribution is 0.459. The van der Waals surface area contributed by atoms with Gasteiger partial charge in [-0.25, -0.2) is 27.2 Å². The standard InChI is InChI=1S/C20H15F2N5O3S/c1-13-24-19(27-7-6-23-12-27)11-20(25-13)30-17-4-2-16(3-5-17)26-31(28,29)18-9-14(21)8-15(22)10-18/h2-12,26H,1H3. The maximum atomic E-state index is 13.3. The minimum atomic E-state index is -4.17. The molecule has 0 amide bonds. The Morgan fingerprint density at radius 2 is 1.71 bits per heavy atom. The molecule has 0 aliphatic heterocycles. The van der Waals surface area contributed by atoms with Crippen LogP contribution in [0.15, 0.2) is 72.1 Å². The second-order valence-corrected chi connectivity index (χ2v) is 8.10. The number of hydrogen-bond acceptors (Lipinski definition) is 6. The first kappa shape index (κ1) is 20.4. The molecule has 31 heavy (non-hydrogen) atoms. The number of nitrogens with one attached hydrogen (secondary N) is 1. The van der Waals surface area contributed by atoms with Gasteiger partial charge in [0.25, 0.3) is 10.0 Å². The van der Waals surface area contributed by atoms with Gasteiger partial charge in [0, 0.05) is 30.2 Å². The fourth-order valence-electron chi connectivity index (χ4n) is 2.71. The van der Waals surface area contributed by atoms with Gasteiger partial charge in [-0.2, -0.15) is 4.98 Å². The first-order chi connectivity index (χ1) is 14.8. The van der Waals surface area contributed by atoms with Crippen LogP contribution in [-0.4, -0.2) is 27.9 Å². The van der Waals surface area contributed by atoms with Crippen LogP contribution in [0.1, 0.15) is 5.82 Å². The predicted molar refractivity (Wildman–Crippen MR) is 108 cm³/mol. The van der Waals surface area contributed by atoms with Crippen molar-refractivity contribution in [3.8, 4) is 17.4 Å². The van der Waals surface area contributed by atoms with Crippen LogP contribution in [0, 0.1) is 18.6 Å². The highest BCUT2D eigenvalue weighted by Gasteiger charge is 2.17. The van der Waals surface area contributed by atoms with Crippen molar-refractivity contribution in [2.24, 2.45) is 0 Å². The molecule has 158 valence electrons. The van der Waals surface area contributed by atoms with Crippen molar-refractivity contribution in [2.75, 3.05) is 4.72 Å². The Morgan fingerprint density at radius 1 is 1.00 bits per heavy atom. The van der Waals surface area contributed by atoms with Gasteiger partial charge in [-0.1, -0.05) is 0 Å². The first-order valence-corrected chi connectivity index (χ1v) is 10.4. The number of nitrogens with zero attached hydrogens (tertiary/aromatic N) is 4. The number of aryl methyl sites for hydroxylation is 1. The van der Waals surface area contributed by atoms with E-state index in [4.69, 9.17) is 4.74 Å². The summed E-state index contributed by atoms with van der Waals surface area (Å²) in [5.41, 5.74) is 0.190. The van der Waals surface area contributed by atoms with Gasteiger partial charge in [0.1, 0.15) is 35.4 Å². The Morgan fingerprint density at radius 3 is 2.35 bits per heavy atom. The lowest BCUT2D eigenvalue weighted by Gasteiger charge is -2.10. The van der Waals surface area contributed by atoms with E-state index in [1.165, 1.54) is 24.3 Å². The highest BCUT2D eigenvalue weighted by molar-refractivity contribution is 7.92. The zero-order chi connectivity index (χ0) is 22.0. The molecule has 11 heteroatoms. The second kappa shape index (κ2) is 8.11. The van der Waals surface area contributed by atoms with Crippen molar-refractivity contribution in [1.82, 2.24) is 19.5 Å². The molecular formula is C20H15F2N5O3S. The van der Waals surface area contributed by atoms with E-state index in [1.54, 1.807) is 36.3 Å². The van der Waals surface area contributed by atoms with Gasteiger partial charge in [-0.3, -0.25) is 9.29 Å². The molecule has 0 atom stereocenters. The molecule has 0 aliphatic carbocycles. The normalized spacial score (nSPS) is 11.3. The summed E-state index contributed by atoms with van der Waals surface area (Å²) < 4.78 is 61.1. The summed E-state index contributed by atoms with van der Waals surface area (Å²) in [6.45, 7) is 1.72. The molecule has 2 aromatic heterocycles. The number of ether oxygens (including phenoxy) is 1. The molecule has 2 heterocycles. The van der Waals surface area contributed by atoms with Crippen LogP contribution in [0.25, 0.3) is 5.82 Å². The summed E-state index contributed by atoms with van der Waals surface area (Å²) in [7, 11) is -4.17. The average molecular weight is 443 g/mol. The average Bonchev–Trinajstić information content (AvgIpc) is 3.23. The molecule has 0 aliphatic rings. The molecule has 0 radical (unpaired) electrons. The van der Waals surface area contributed by atoms with Crippen molar-refractivity contribution in [3.05, 3.63) is 84.7 Å². The lowest BCUT2D eigenvalue weighted by atomic mass is 10.3. The number of aromatic nitrogens is 4. The topological polar surface area (TPSA) is 99.0 Å². The fraction of sp³-hybridized carbons (Fsp3) is 0.0500. The largest absolute Gasteiger partial charge is 0.439 e. The van der Waals surface area contributed by atoms with E-state index in [-0.39, 0.29) is 5.69 Å². The minimum Gasteiger partial charge on any atom is -0.439 e. The number of anilines is 1. The van der Waals surface area contributed by atoms with Crippen molar-refractivity contribution in [1.29, 1.82) is 0 Å². The SMILES string of the molecule is Cc1nc(Oc2ccc(NS(=O)(=O)c3cc(F)cc(F)c3)cc2)cc(-n2ccnc2)n1. The summed E-state index contributed by atoms with van der Waals surface area (Å²) in [6.07, 6.45) is 4.95. The number of rotatable bonds is 6. The zero-order valence-electron chi connectivity index (χ0n) is 16.0. The van der Waals surface area contributed by atoms with Gasteiger partial charge in [0.15, 0.2) is 0 Å². The van der Waals surface area contributed by atoms with Crippen LogP contribution in [0.2, 0.25) is 0 Å². The maximum Gasteiger partial charge on any atom is 0.262 e. The number of sulfonamides is 1. The molecule has 4 rings (SSSR count). The Hall–Kier alpha value is -3.86. The van der Waals surface area contributed by atoms with E-state index >= 15 is 0 Å². The van der Waals surface area contributed by atoms with Crippen LogP contribution in [0.3, 0.4) is 0 Å². The van der Waals surface area contributed by atoms with E-state index in [0.29, 0.717) is 29.3 Å². The molecular weight excluding hydrogens is 428 g/mol. The van der Waals surface area contributed by atoms with Gasteiger partial charge < -0.3 is 4.74 Å². The van der Waals surface area contributed by atoms with E-state index < -0.39 is 26.6 Å². The van der Waals surface area contributed by atoms with Gasteiger partial charge in [0.2, 0.25) is 5.88 Å². The summed E-state index contributed by atoms with van der Waals surface area (Å²) in [6, 6.07) is 9.65. The predicted octanol–water partition coefficient (Wildman–Crippen LogP) is 3.84. The molecule has 1 N–H and O–H groups in total. The fourth-order valence-corrected chi connectivity index (χ4v) is 3.81. The van der Waals surface area contributed by atoms with E-state index in [9.17, 15) is 17.2 Å². The number of benzene rings is 2.